The predicted molar refractivity (Wildman–Crippen MR) is 105 cm³/mol. The first-order chi connectivity index (χ1) is 12.8. The van der Waals surface area contributed by atoms with Gasteiger partial charge in [0.15, 0.2) is 0 Å². The Morgan fingerprint density at radius 2 is 1.07 bits per heavy atom. The summed E-state index contributed by atoms with van der Waals surface area (Å²) in [7, 11) is 0. The van der Waals surface area contributed by atoms with Gasteiger partial charge in [-0.1, -0.05) is 12.1 Å². The minimum atomic E-state index is -0.833. The lowest BCUT2D eigenvalue weighted by Gasteiger charge is -2.02. The highest BCUT2D eigenvalue weighted by molar-refractivity contribution is 5.63. The number of rotatable bonds is 4. The Morgan fingerprint density at radius 1 is 0.786 bits per heavy atom. The summed E-state index contributed by atoms with van der Waals surface area (Å²) in [5.74, 6) is -3.33. The van der Waals surface area contributed by atoms with Gasteiger partial charge < -0.3 is 37.2 Å². The zero-order valence-corrected chi connectivity index (χ0v) is 16.5. The Hall–Kier alpha value is -3.18. The van der Waals surface area contributed by atoms with E-state index < -0.39 is 23.9 Å². The second-order valence-electron chi connectivity index (χ2n) is 4.78. The number of nitrogen functional groups attached to an aromatic ring is 1. The van der Waals surface area contributed by atoms with E-state index in [0.29, 0.717) is 6.54 Å². The first kappa shape index (κ1) is 32.5. The first-order valence-corrected chi connectivity index (χ1v) is 7.79. The molecule has 0 aliphatic rings. The van der Waals surface area contributed by atoms with E-state index in [2.05, 4.69) is 5.32 Å². The van der Waals surface area contributed by atoms with Crippen LogP contribution in [-0.4, -0.2) is 57.4 Å². The van der Waals surface area contributed by atoms with Crippen LogP contribution in [-0.2, 0) is 25.7 Å². The van der Waals surface area contributed by atoms with Gasteiger partial charge in [0.1, 0.15) is 0 Å². The van der Waals surface area contributed by atoms with E-state index in [0.717, 1.165) is 46.5 Å². The highest BCUT2D eigenvalue weighted by Crippen LogP contribution is 2.04. The molecule has 1 aromatic rings. The maximum absolute atomic E-state index is 9.00. The molecule has 0 amide bonds. The minimum Gasteiger partial charge on any atom is -0.481 e. The summed E-state index contributed by atoms with van der Waals surface area (Å²) in [6.45, 7) is 6.72. The Bertz CT molecular complexity index is 484. The molecule has 0 fully saturated rings. The normalized spacial score (nSPS) is 7.89. The van der Waals surface area contributed by atoms with Gasteiger partial charge in [0.25, 0.3) is 23.9 Å². The number of nitrogens with one attached hydrogen (secondary N) is 1. The van der Waals surface area contributed by atoms with E-state index in [-0.39, 0.29) is 0 Å². The van der Waals surface area contributed by atoms with Gasteiger partial charge in [0, 0.05) is 53.0 Å². The second kappa shape index (κ2) is 23.8. The summed E-state index contributed by atoms with van der Waals surface area (Å²) in [6, 6.07) is 7.83. The third-order valence-corrected chi connectivity index (χ3v) is 1.63. The van der Waals surface area contributed by atoms with Crippen LogP contribution < -0.4 is 16.8 Å². The largest absolute Gasteiger partial charge is 0.481 e. The minimum absolute atomic E-state index is 0.676. The molecule has 1 rings (SSSR count). The lowest BCUT2D eigenvalue weighted by Crippen LogP contribution is -2.21. The van der Waals surface area contributed by atoms with Crippen LogP contribution in [0.2, 0.25) is 0 Å². The van der Waals surface area contributed by atoms with Crippen LogP contribution in [0.15, 0.2) is 24.3 Å². The third kappa shape index (κ3) is 77.8. The van der Waals surface area contributed by atoms with Crippen molar-refractivity contribution in [3.63, 3.8) is 0 Å². The predicted octanol–water partition coefficient (Wildman–Crippen LogP) is 0.681. The van der Waals surface area contributed by atoms with E-state index >= 15 is 0 Å². The van der Waals surface area contributed by atoms with Crippen LogP contribution in [0.3, 0.4) is 0 Å². The molecule has 9 N–H and O–H groups in total. The molecule has 0 saturated carbocycles. The van der Waals surface area contributed by atoms with E-state index in [9.17, 15) is 0 Å². The molecule has 0 aromatic heterocycles. The molecule has 28 heavy (non-hydrogen) atoms. The maximum atomic E-state index is 9.00. The number of nitrogens with two attached hydrogens (primary N) is 2. The van der Waals surface area contributed by atoms with Crippen molar-refractivity contribution in [1.82, 2.24) is 5.32 Å². The lowest BCUT2D eigenvalue weighted by atomic mass is 10.2. The molecular formula is C17H31N3O8. The Balaban J connectivity index is -0.000000150. The molecule has 0 heterocycles. The van der Waals surface area contributed by atoms with Crippen molar-refractivity contribution in [2.24, 2.45) is 5.73 Å². The average Bonchev–Trinajstić information content (AvgIpc) is 2.47. The number of carboxylic acids is 4. The van der Waals surface area contributed by atoms with Gasteiger partial charge in [-0.2, -0.15) is 0 Å². The number of anilines is 1. The lowest BCUT2D eigenvalue weighted by molar-refractivity contribution is -0.135. The fraction of sp³-hybridized carbons (Fsp3) is 0.412. The summed E-state index contributed by atoms with van der Waals surface area (Å²) in [5.41, 5.74) is 12.9. The molecule has 0 aliphatic heterocycles. The summed E-state index contributed by atoms with van der Waals surface area (Å²) < 4.78 is 0. The van der Waals surface area contributed by atoms with Crippen LogP contribution in [0.5, 0.6) is 0 Å². The Morgan fingerprint density at radius 3 is 1.32 bits per heavy atom. The molecule has 11 nitrogen and oxygen atoms in total. The number of hydrogen-bond acceptors (Lipinski definition) is 7. The Kier molecular flexibility index (Phi) is 27.6. The molecule has 0 unspecified atom stereocenters. The van der Waals surface area contributed by atoms with Crippen molar-refractivity contribution in [2.45, 2.75) is 34.2 Å². The molecule has 0 bridgehead atoms. The van der Waals surface area contributed by atoms with Crippen LogP contribution in [0.4, 0.5) is 5.69 Å². The smallest absolute Gasteiger partial charge is 0.300 e. The van der Waals surface area contributed by atoms with Crippen molar-refractivity contribution in [3.8, 4) is 0 Å². The molecule has 162 valence electrons. The fourth-order valence-corrected chi connectivity index (χ4v) is 0.970. The fourth-order valence-electron chi connectivity index (χ4n) is 0.970. The quantitative estimate of drug-likeness (QED) is 0.273. The van der Waals surface area contributed by atoms with Gasteiger partial charge >= 0.3 is 0 Å². The number of benzene rings is 1. The van der Waals surface area contributed by atoms with Gasteiger partial charge in [-0.3, -0.25) is 19.2 Å². The maximum Gasteiger partial charge on any atom is 0.300 e. The van der Waals surface area contributed by atoms with Crippen molar-refractivity contribution in [1.29, 1.82) is 0 Å². The molecule has 0 spiro atoms. The SMILES string of the molecule is CC(=O)O.CC(=O)O.CC(=O)O.CC(=O)O.NCCNCc1ccc(N)cc1. The molecule has 11 heteroatoms. The monoisotopic (exact) mass is 405 g/mol. The number of aliphatic carboxylic acids is 4. The molecule has 0 radical (unpaired) electrons. The molecule has 1 aromatic carbocycles. The second-order valence-corrected chi connectivity index (χ2v) is 4.78. The molecular weight excluding hydrogens is 374 g/mol. The van der Waals surface area contributed by atoms with Crippen molar-refractivity contribution in [3.05, 3.63) is 29.8 Å². The Labute approximate surface area is 164 Å². The average molecular weight is 405 g/mol. The number of hydrogen-bond donors (Lipinski definition) is 7. The van der Waals surface area contributed by atoms with Gasteiger partial charge in [-0.25, -0.2) is 0 Å². The van der Waals surface area contributed by atoms with Crippen LogP contribution in [0, 0.1) is 0 Å². The van der Waals surface area contributed by atoms with Crippen LogP contribution >= 0.6 is 0 Å². The van der Waals surface area contributed by atoms with Crippen molar-refractivity contribution < 1.29 is 39.6 Å². The third-order valence-electron chi connectivity index (χ3n) is 1.63. The summed E-state index contributed by atoms with van der Waals surface area (Å²) in [5, 5.41) is 32.9. The van der Waals surface area contributed by atoms with Crippen LogP contribution in [0.1, 0.15) is 33.3 Å². The summed E-state index contributed by atoms with van der Waals surface area (Å²) in [6.07, 6.45) is 0. The van der Waals surface area contributed by atoms with E-state index in [1.807, 2.05) is 24.3 Å². The zero-order chi connectivity index (χ0) is 23.1. The van der Waals surface area contributed by atoms with E-state index in [1.165, 1.54) is 5.56 Å². The number of carboxylic acid groups (broad SMARTS) is 4. The highest BCUT2D eigenvalue weighted by atomic mass is 16.4. The topological polar surface area (TPSA) is 213 Å². The summed E-state index contributed by atoms with van der Waals surface area (Å²) >= 11 is 0. The summed E-state index contributed by atoms with van der Waals surface area (Å²) in [4.78, 5) is 36.0. The highest BCUT2D eigenvalue weighted by Gasteiger charge is 1.90. The van der Waals surface area contributed by atoms with Gasteiger partial charge in [-0.15, -0.1) is 0 Å². The number of carbonyl (C=O) groups is 4. The first-order valence-electron chi connectivity index (χ1n) is 7.79. The molecule has 0 saturated heterocycles. The van der Waals surface area contributed by atoms with Crippen molar-refractivity contribution >= 4 is 29.6 Å². The van der Waals surface area contributed by atoms with E-state index in [4.69, 9.17) is 51.1 Å². The van der Waals surface area contributed by atoms with Gasteiger partial charge in [-0.05, 0) is 17.7 Å². The van der Waals surface area contributed by atoms with Crippen LogP contribution in [0.25, 0.3) is 0 Å². The van der Waals surface area contributed by atoms with Gasteiger partial charge in [0.05, 0.1) is 0 Å². The van der Waals surface area contributed by atoms with E-state index in [1.54, 1.807) is 0 Å². The zero-order valence-electron chi connectivity index (χ0n) is 16.5. The standard InChI is InChI=1S/C9H15N3.4C2H4O2/c10-5-6-12-7-8-1-3-9(11)4-2-8;4*1-2(3)4/h1-4,12H,5-7,10-11H2;4*1H3,(H,3,4). The molecule has 0 atom stereocenters. The van der Waals surface area contributed by atoms with Crippen molar-refractivity contribution in [2.75, 3.05) is 18.8 Å². The molecule has 0 aliphatic carbocycles. The van der Waals surface area contributed by atoms with Gasteiger partial charge in [0.2, 0.25) is 0 Å².